The largest absolute Gasteiger partial charge is 0.288 e. The number of carbonyl (C=O) groups excluding carboxylic acids is 1. The second-order valence-corrected chi connectivity index (χ2v) is 6.67. The summed E-state index contributed by atoms with van der Waals surface area (Å²) in [6.07, 6.45) is 5.14. The zero-order valence-electron chi connectivity index (χ0n) is 11.9. The highest BCUT2D eigenvalue weighted by atomic mass is 79.9. The van der Waals surface area contributed by atoms with Crippen LogP contribution in [0.1, 0.15) is 33.5 Å². The second-order valence-electron chi connectivity index (χ2n) is 4.68. The average Bonchev–Trinajstić information content (AvgIpc) is 2.87. The quantitative estimate of drug-likeness (QED) is 0.297. The molecule has 1 heterocycles. The summed E-state index contributed by atoms with van der Waals surface area (Å²) in [7, 11) is 0. The Morgan fingerprint density at radius 2 is 2.05 bits per heavy atom. The van der Waals surface area contributed by atoms with E-state index < -0.39 is 4.92 Å². The Balaban J connectivity index is 2.10. The third-order valence-corrected chi connectivity index (χ3v) is 5.19. The Bertz CT molecular complexity index is 719. The fourth-order valence-corrected chi connectivity index (χ4v) is 3.78. The van der Waals surface area contributed by atoms with Crippen molar-refractivity contribution in [3.8, 4) is 0 Å². The van der Waals surface area contributed by atoms with Crippen molar-refractivity contribution < 1.29 is 9.72 Å². The summed E-state index contributed by atoms with van der Waals surface area (Å²) in [5.41, 5.74) is 0.790. The summed E-state index contributed by atoms with van der Waals surface area (Å²) in [6, 6.07) is 7.93. The highest BCUT2D eigenvalue weighted by molar-refractivity contribution is 9.10. The van der Waals surface area contributed by atoms with Crippen LogP contribution in [-0.4, -0.2) is 10.7 Å². The van der Waals surface area contributed by atoms with Gasteiger partial charge in [-0.05, 0) is 52.2 Å². The maximum Gasteiger partial charge on any atom is 0.269 e. The molecule has 22 heavy (non-hydrogen) atoms. The van der Waals surface area contributed by atoms with E-state index in [2.05, 4.69) is 22.9 Å². The number of hydrogen-bond donors (Lipinski definition) is 0. The molecule has 0 spiro atoms. The molecule has 2 rings (SSSR count). The summed E-state index contributed by atoms with van der Waals surface area (Å²) in [5, 5.41) is 10.6. The van der Waals surface area contributed by atoms with Crippen molar-refractivity contribution >= 4 is 44.8 Å². The van der Waals surface area contributed by atoms with Gasteiger partial charge in [0.25, 0.3) is 5.69 Å². The van der Waals surface area contributed by atoms with E-state index in [1.807, 2.05) is 6.07 Å². The normalized spacial score (nSPS) is 11.0. The first-order valence-corrected chi connectivity index (χ1v) is 8.37. The Morgan fingerprint density at radius 3 is 2.64 bits per heavy atom. The van der Waals surface area contributed by atoms with E-state index >= 15 is 0 Å². The number of thiophene rings is 1. The molecule has 0 atom stereocenters. The summed E-state index contributed by atoms with van der Waals surface area (Å²) in [5.74, 6) is -0.0635. The lowest BCUT2D eigenvalue weighted by Gasteiger charge is -1.94. The molecule has 0 amide bonds. The molecule has 0 aliphatic carbocycles. The molecule has 2 aromatic rings. The Labute approximate surface area is 140 Å². The van der Waals surface area contributed by atoms with Gasteiger partial charge in [0.2, 0.25) is 0 Å². The molecule has 6 heteroatoms. The third kappa shape index (κ3) is 4.11. The summed E-state index contributed by atoms with van der Waals surface area (Å²) < 4.78 is 0.978. The van der Waals surface area contributed by atoms with Crippen molar-refractivity contribution in [2.45, 2.75) is 19.8 Å². The first kappa shape index (κ1) is 16.6. The van der Waals surface area contributed by atoms with Crippen LogP contribution in [0.3, 0.4) is 0 Å². The third-order valence-electron chi connectivity index (χ3n) is 3.01. The highest BCUT2D eigenvalue weighted by Crippen LogP contribution is 2.29. The molecule has 1 aromatic heterocycles. The molecule has 4 nitrogen and oxygen atoms in total. The number of non-ortho nitro benzene ring substituents is 1. The van der Waals surface area contributed by atoms with Crippen molar-refractivity contribution in [3.05, 3.63) is 66.3 Å². The van der Waals surface area contributed by atoms with Crippen LogP contribution in [0, 0.1) is 10.1 Å². The number of nitro groups is 1. The van der Waals surface area contributed by atoms with E-state index in [0.29, 0.717) is 4.88 Å². The lowest BCUT2D eigenvalue weighted by atomic mass is 10.1. The van der Waals surface area contributed by atoms with Gasteiger partial charge in [-0.1, -0.05) is 19.4 Å². The van der Waals surface area contributed by atoms with Crippen LogP contribution >= 0.6 is 27.3 Å². The topological polar surface area (TPSA) is 60.2 Å². The molecule has 0 bridgehead atoms. The fraction of sp³-hybridized carbons (Fsp3) is 0.188. The number of allylic oxidation sites excluding steroid dienone is 1. The number of ketones is 1. The predicted octanol–water partition coefficient (Wildman–Crippen LogP) is 5.27. The van der Waals surface area contributed by atoms with Gasteiger partial charge in [-0.3, -0.25) is 14.9 Å². The van der Waals surface area contributed by atoms with Crippen molar-refractivity contribution in [2.24, 2.45) is 0 Å². The van der Waals surface area contributed by atoms with Crippen LogP contribution < -0.4 is 0 Å². The molecule has 0 saturated heterocycles. The number of hydrogen-bond acceptors (Lipinski definition) is 4. The molecule has 0 N–H and O–H groups in total. The molecule has 114 valence electrons. The van der Waals surface area contributed by atoms with Gasteiger partial charge in [-0.15, -0.1) is 11.3 Å². The molecule has 0 unspecified atom stereocenters. The number of carbonyl (C=O) groups is 1. The van der Waals surface area contributed by atoms with E-state index in [4.69, 9.17) is 0 Å². The summed E-state index contributed by atoms with van der Waals surface area (Å²) in [6.45, 7) is 2.10. The molecule has 0 aliphatic rings. The van der Waals surface area contributed by atoms with E-state index in [1.54, 1.807) is 18.2 Å². The smallest absolute Gasteiger partial charge is 0.269 e. The molecular formula is C16H14BrNO3S. The van der Waals surface area contributed by atoms with E-state index in [0.717, 1.165) is 22.9 Å². The van der Waals surface area contributed by atoms with E-state index in [9.17, 15) is 14.9 Å². The fourth-order valence-electron chi connectivity index (χ4n) is 1.89. The minimum atomic E-state index is -0.447. The lowest BCUT2D eigenvalue weighted by molar-refractivity contribution is -0.384. The zero-order chi connectivity index (χ0) is 16.1. The Kier molecular flexibility index (Phi) is 5.63. The predicted molar refractivity (Wildman–Crippen MR) is 92.5 cm³/mol. The minimum Gasteiger partial charge on any atom is -0.288 e. The Hall–Kier alpha value is -1.79. The van der Waals surface area contributed by atoms with Crippen LogP contribution in [0.4, 0.5) is 5.69 Å². The molecule has 0 radical (unpaired) electrons. The minimum absolute atomic E-state index is 0.0369. The van der Waals surface area contributed by atoms with Crippen molar-refractivity contribution in [1.29, 1.82) is 0 Å². The van der Waals surface area contributed by atoms with Crippen LogP contribution in [0.5, 0.6) is 0 Å². The van der Waals surface area contributed by atoms with Gasteiger partial charge in [0.05, 0.1) is 9.80 Å². The molecule has 1 aromatic carbocycles. The summed E-state index contributed by atoms with van der Waals surface area (Å²) >= 11 is 4.97. The lowest BCUT2D eigenvalue weighted by Crippen LogP contribution is -1.89. The van der Waals surface area contributed by atoms with Crippen molar-refractivity contribution in [3.63, 3.8) is 0 Å². The molecular weight excluding hydrogens is 366 g/mol. The van der Waals surface area contributed by atoms with Gasteiger partial charge < -0.3 is 0 Å². The SMILES string of the molecule is CCCc1sc(C(=O)/C=C/c2ccc([N+](=O)[O-])cc2)cc1Br. The monoisotopic (exact) mass is 379 g/mol. The van der Waals surface area contributed by atoms with Gasteiger partial charge in [0.1, 0.15) is 0 Å². The highest BCUT2D eigenvalue weighted by Gasteiger charge is 2.10. The number of nitrogens with zero attached hydrogens (tertiary/aromatic N) is 1. The van der Waals surface area contributed by atoms with Crippen molar-refractivity contribution in [1.82, 2.24) is 0 Å². The second kappa shape index (κ2) is 7.47. The standard InChI is InChI=1S/C16H14BrNO3S/c1-2-3-15-13(17)10-16(22-15)14(19)9-6-11-4-7-12(8-5-11)18(20)21/h4-10H,2-3H2,1H3/b9-6+. The van der Waals surface area contributed by atoms with E-state index in [1.165, 1.54) is 34.4 Å². The van der Waals surface area contributed by atoms with Crippen LogP contribution in [0.15, 0.2) is 40.9 Å². The molecule has 0 fully saturated rings. The first-order valence-electron chi connectivity index (χ1n) is 6.76. The number of halogens is 1. The maximum absolute atomic E-state index is 12.2. The first-order chi connectivity index (χ1) is 10.5. The van der Waals surface area contributed by atoms with Crippen LogP contribution in [0.25, 0.3) is 6.08 Å². The van der Waals surface area contributed by atoms with Gasteiger partial charge in [-0.2, -0.15) is 0 Å². The van der Waals surface area contributed by atoms with Gasteiger partial charge in [-0.25, -0.2) is 0 Å². The van der Waals surface area contributed by atoms with Gasteiger partial charge in [0, 0.05) is 21.5 Å². The van der Waals surface area contributed by atoms with Gasteiger partial charge >= 0.3 is 0 Å². The van der Waals surface area contributed by atoms with Crippen LogP contribution in [-0.2, 0) is 6.42 Å². The summed E-state index contributed by atoms with van der Waals surface area (Å²) in [4.78, 5) is 24.2. The van der Waals surface area contributed by atoms with Crippen molar-refractivity contribution in [2.75, 3.05) is 0 Å². The zero-order valence-corrected chi connectivity index (χ0v) is 14.3. The molecule has 0 saturated carbocycles. The number of benzene rings is 1. The molecule has 0 aliphatic heterocycles. The Morgan fingerprint density at radius 1 is 1.36 bits per heavy atom. The number of rotatable bonds is 6. The van der Waals surface area contributed by atoms with Crippen LogP contribution in [0.2, 0.25) is 0 Å². The number of aryl methyl sites for hydroxylation is 1. The average molecular weight is 380 g/mol. The maximum atomic E-state index is 12.2. The van der Waals surface area contributed by atoms with E-state index in [-0.39, 0.29) is 11.5 Å². The number of nitro benzene ring substituents is 1. The van der Waals surface area contributed by atoms with Gasteiger partial charge in [0.15, 0.2) is 5.78 Å².